The van der Waals surface area contributed by atoms with E-state index in [4.69, 9.17) is 0 Å². The summed E-state index contributed by atoms with van der Waals surface area (Å²) in [6.45, 7) is 7.11. The Kier molecular flexibility index (Phi) is 4.19. The van der Waals surface area contributed by atoms with Crippen LogP contribution in [0.1, 0.15) is 36.8 Å². The maximum absolute atomic E-state index is 3.68. The lowest BCUT2D eigenvalue weighted by Gasteiger charge is -2.35. The topological polar surface area (TPSA) is 15.3 Å². The molecule has 2 heteroatoms. The Morgan fingerprint density at radius 3 is 2.74 bits per heavy atom. The van der Waals surface area contributed by atoms with Gasteiger partial charge in [0.15, 0.2) is 0 Å². The molecule has 0 saturated carbocycles. The molecule has 2 aliphatic rings. The molecule has 2 nitrogen and oxygen atoms in total. The van der Waals surface area contributed by atoms with Crippen LogP contribution >= 0.6 is 0 Å². The third-order valence-corrected chi connectivity index (χ3v) is 4.79. The molecule has 2 fully saturated rings. The van der Waals surface area contributed by atoms with Gasteiger partial charge in [0, 0.05) is 12.6 Å². The summed E-state index contributed by atoms with van der Waals surface area (Å²) in [5.74, 6) is 0.927. The molecule has 1 atom stereocenters. The predicted octanol–water partition coefficient (Wildman–Crippen LogP) is 2.96. The summed E-state index contributed by atoms with van der Waals surface area (Å²) in [5, 5.41) is 3.68. The fraction of sp³-hybridized carbons (Fsp3) is 0.647. The van der Waals surface area contributed by atoms with Crippen molar-refractivity contribution in [3.8, 4) is 0 Å². The van der Waals surface area contributed by atoms with Crippen LogP contribution in [0.2, 0.25) is 0 Å². The van der Waals surface area contributed by atoms with Gasteiger partial charge >= 0.3 is 0 Å². The number of benzene rings is 1. The minimum atomic E-state index is 0.820. The molecule has 1 unspecified atom stereocenters. The lowest BCUT2D eigenvalue weighted by molar-refractivity contribution is 0.157. The molecule has 0 aliphatic carbocycles. The van der Waals surface area contributed by atoms with Crippen molar-refractivity contribution < 1.29 is 0 Å². The normalized spacial score (nSPS) is 25.8. The Bertz CT molecular complexity index is 401. The summed E-state index contributed by atoms with van der Waals surface area (Å²) < 4.78 is 0. The van der Waals surface area contributed by atoms with E-state index < -0.39 is 0 Å². The number of nitrogens with one attached hydrogen (secondary N) is 1. The van der Waals surface area contributed by atoms with Crippen LogP contribution in [0.25, 0.3) is 0 Å². The van der Waals surface area contributed by atoms with Gasteiger partial charge in [-0.1, -0.05) is 29.8 Å². The molecule has 19 heavy (non-hydrogen) atoms. The van der Waals surface area contributed by atoms with Crippen LogP contribution in [0, 0.1) is 12.8 Å². The third-order valence-electron chi connectivity index (χ3n) is 4.79. The van der Waals surface area contributed by atoms with E-state index >= 15 is 0 Å². The van der Waals surface area contributed by atoms with Crippen LogP contribution in [0.3, 0.4) is 0 Å². The smallest absolute Gasteiger partial charge is 0.0233 e. The van der Waals surface area contributed by atoms with Gasteiger partial charge in [0.1, 0.15) is 0 Å². The summed E-state index contributed by atoms with van der Waals surface area (Å²) in [5.41, 5.74) is 2.85. The number of hydrogen-bond acceptors (Lipinski definition) is 2. The molecule has 2 saturated heterocycles. The minimum absolute atomic E-state index is 0.820. The van der Waals surface area contributed by atoms with Crippen molar-refractivity contribution in [1.82, 2.24) is 10.2 Å². The van der Waals surface area contributed by atoms with Gasteiger partial charge in [-0.25, -0.2) is 0 Å². The second kappa shape index (κ2) is 6.06. The number of hydrogen-bond donors (Lipinski definition) is 1. The number of likely N-dealkylation sites (tertiary alicyclic amines) is 1. The number of piperidine rings is 1. The standard InChI is InChI=1S/C17H26N2/c1-14-4-2-5-15(12-14)13-19-10-7-16(8-11-19)17-6-3-9-18-17/h2,4-5,12,16-18H,3,6-11,13H2,1H3. The minimum Gasteiger partial charge on any atom is -0.314 e. The van der Waals surface area contributed by atoms with Crippen LogP contribution in [0.5, 0.6) is 0 Å². The van der Waals surface area contributed by atoms with Crippen LogP contribution in [0.15, 0.2) is 24.3 Å². The Morgan fingerprint density at radius 2 is 2.05 bits per heavy atom. The van der Waals surface area contributed by atoms with Crippen molar-refractivity contribution in [2.75, 3.05) is 19.6 Å². The maximum Gasteiger partial charge on any atom is 0.0233 e. The molecule has 0 radical (unpaired) electrons. The molecule has 1 N–H and O–H groups in total. The van der Waals surface area contributed by atoms with E-state index in [2.05, 4.69) is 41.4 Å². The number of rotatable bonds is 3. The van der Waals surface area contributed by atoms with Crippen molar-refractivity contribution in [3.05, 3.63) is 35.4 Å². The molecule has 0 aromatic heterocycles. The van der Waals surface area contributed by atoms with E-state index in [1.807, 2.05) is 0 Å². The average Bonchev–Trinajstić information content (AvgIpc) is 2.94. The zero-order chi connectivity index (χ0) is 13.1. The zero-order valence-corrected chi connectivity index (χ0v) is 12.1. The van der Waals surface area contributed by atoms with Crippen molar-refractivity contribution in [3.63, 3.8) is 0 Å². The molecular formula is C17H26N2. The van der Waals surface area contributed by atoms with Gasteiger partial charge in [0.25, 0.3) is 0 Å². The molecule has 1 aromatic rings. The monoisotopic (exact) mass is 258 g/mol. The Labute approximate surface area is 117 Å². The van der Waals surface area contributed by atoms with Crippen LogP contribution in [-0.4, -0.2) is 30.6 Å². The molecule has 104 valence electrons. The fourth-order valence-electron chi connectivity index (χ4n) is 3.70. The van der Waals surface area contributed by atoms with E-state index in [9.17, 15) is 0 Å². The van der Waals surface area contributed by atoms with E-state index in [0.29, 0.717) is 0 Å². The summed E-state index contributed by atoms with van der Waals surface area (Å²) >= 11 is 0. The first-order chi connectivity index (χ1) is 9.31. The number of nitrogens with zero attached hydrogens (tertiary/aromatic N) is 1. The molecule has 1 aromatic carbocycles. The second-order valence-electron chi connectivity index (χ2n) is 6.31. The van der Waals surface area contributed by atoms with E-state index in [-0.39, 0.29) is 0 Å². The average molecular weight is 258 g/mol. The lowest BCUT2D eigenvalue weighted by Crippen LogP contribution is -2.40. The molecule has 0 bridgehead atoms. The molecule has 0 amide bonds. The maximum atomic E-state index is 3.68. The van der Waals surface area contributed by atoms with Crippen molar-refractivity contribution in [2.24, 2.45) is 5.92 Å². The van der Waals surface area contributed by atoms with Crippen LogP contribution in [-0.2, 0) is 6.54 Å². The Hall–Kier alpha value is -0.860. The quantitative estimate of drug-likeness (QED) is 0.896. The summed E-state index contributed by atoms with van der Waals surface area (Å²) in [7, 11) is 0. The molecular weight excluding hydrogens is 232 g/mol. The van der Waals surface area contributed by atoms with Gasteiger partial charge in [-0.2, -0.15) is 0 Å². The first-order valence-electron chi connectivity index (χ1n) is 7.82. The highest BCUT2D eigenvalue weighted by atomic mass is 15.1. The summed E-state index contributed by atoms with van der Waals surface area (Å²) in [4.78, 5) is 2.63. The lowest BCUT2D eigenvalue weighted by atomic mass is 9.88. The van der Waals surface area contributed by atoms with Gasteiger partial charge in [0.2, 0.25) is 0 Å². The van der Waals surface area contributed by atoms with Gasteiger partial charge in [-0.15, -0.1) is 0 Å². The van der Waals surface area contributed by atoms with Gasteiger partial charge in [-0.3, -0.25) is 4.90 Å². The predicted molar refractivity (Wildman–Crippen MR) is 80.2 cm³/mol. The van der Waals surface area contributed by atoms with Gasteiger partial charge < -0.3 is 5.32 Å². The highest BCUT2D eigenvalue weighted by Crippen LogP contribution is 2.26. The Morgan fingerprint density at radius 1 is 1.21 bits per heavy atom. The van der Waals surface area contributed by atoms with E-state index in [0.717, 1.165) is 18.5 Å². The highest BCUT2D eigenvalue weighted by Gasteiger charge is 2.28. The first-order valence-corrected chi connectivity index (χ1v) is 7.82. The molecule has 3 rings (SSSR count). The molecule has 2 heterocycles. The fourth-order valence-corrected chi connectivity index (χ4v) is 3.70. The van der Waals surface area contributed by atoms with Crippen molar-refractivity contribution >= 4 is 0 Å². The molecule has 0 spiro atoms. The summed E-state index contributed by atoms with van der Waals surface area (Å²) in [6, 6.07) is 9.77. The van der Waals surface area contributed by atoms with Gasteiger partial charge in [0.05, 0.1) is 0 Å². The first kappa shape index (κ1) is 13.1. The van der Waals surface area contributed by atoms with Crippen LogP contribution < -0.4 is 5.32 Å². The summed E-state index contributed by atoms with van der Waals surface area (Å²) in [6.07, 6.45) is 5.55. The highest BCUT2D eigenvalue weighted by molar-refractivity contribution is 5.22. The number of aryl methyl sites for hydroxylation is 1. The van der Waals surface area contributed by atoms with Gasteiger partial charge in [-0.05, 0) is 63.7 Å². The third kappa shape index (κ3) is 3.37. The Balaban J connectivity index is 1.50. The zero-order valence-electron chi connectivity index (χ0n) is 12.1. The van der Waals surface area contributed by atoms with Crippen LogP contribution in [0.4, 0.5) is 0 Å². The van der Waals surface area contributed by atoms with E-state index in [1.165, 1.54) is 56.4 Å². The molecule has 2 aliphatic heterocycles. The van der Waals surface area contributed by atoms with E-state index in [1.54, 1.807) is 0 Å². The van der Waals surface area contributed by atoms with Crippen molar-refractivity contribution in [1.29, 1.82) is 0 Å². The SMILES string of the molecule is Cc1cccc(CN2CCC(C3CCCN3)CC2)c1. The largest absolute Gasteiger partial charge is 0.314 e. The second-order valence-corrected chi connectivity index (χ2v) is 6.31. The van der Waals surface area contributed by atoms with Crippen molar-refractivity contribution in [2.45, 2.75) is 45.2 Å².